The molecule has 6 nitrogen and oxygen atoms in total. The van der Waals surface area contributed by atoms with Crippen molar-refractivity contribution in [3.8, 4) is 0 Å². The van der Waals surface area contributed by atoms with E-state index in [-0.39, 0.29) is 29.7 Å². The van der Waals surface area contributed by atoms with Crippen LogP contribution in [0.25, 0.3) is 10.9 Å². The molecule has 0 spiro atoms. The summed E-state index contributed by atoms with van der Waals surface area (Å²) in [6.45, 7) is 7.06. The zero-order chi connectivity index (χ0) is 23.9. The maximum absolute atomic E-state index is 13.2. The number of aromatic amines is 1. The molecule has 6 heteroatoms. The number of ketones is 1. The van der Waals surface area contributed by atoms with Crippen molar-refractivity contribution >= 4 is 34.0 Å². The predicted octanol–water partition coefficient (Wildman–Crippen LogP) is 4.79. The second kappa shape index (κ2) is 8.67. The van der Waals surface area contributed by atoms with Crippen molar-refractivity contribution in [1.82, 2.24) is 10.3 Å². The highest BCUT2D eigenvalue weighted by Gasteiger charge is 2.39. The minimum Gasteiger partial charge on any atom is -0.361 e. The molecular formula is C28H32N4O2. The Morgan fingerprint density at radius 2 is 1.88 bits per heavy atom. The van der Waals surface area contributed by atoms with Gasteiger partial charge >= 0.3 is 0 Å². The molecule has 0 saturated carbocycles. The van der Waals surface area contributed by atoms with Gasteiger partial charge in [0.2, 0.25) is 5.91 Å². The summed E-state index contributed by atoms with van der Waals surface area (Å²) in [6.07, 6.45) is 4.11. The highest BCUT2D eigenvalue weighted by atomic mass is 16.2. The Labute approximate surface area is 200 Å². The third-order valence-corrected chi connectivity index (χ3v) is 7.01. The molecule has 3 aromatic rings. The predicted molar refractivity (Wildman–Crippen MR) is 137 cm³/mol. The molecular weight excluding hydrogens is 424 g/mol. The van der Waals surface area contributed by atoms with E-state index in [2.05, 4.69) is 46.5 Å². The average Bonchev–Trinajstić information content (AvgIpc) is 3.15. The fourth-order valence-corrected chi connectivity index (χ4v) is 5.40. The number of amides is 1. The summed E-state index contributed by atoms with van der Waals surface area (Å²) in [7, 11) is 0. The highest BCUT2D eigenvalue weighted by molar-refractivity contribution is 6.01. The average molecular weight is 457 g/mol. The largest absolute Gasteiger partial charge is 0.361 e. The normalized spacial score (nSPS) is 19.3. The van der Waals surface area contributed by atoms with Gasteiger partial charge in [0, 0.05) is 41.3 Å². The number of rotatable bonds is 5. The second-order valence-corrected chi connectivity index (χ2v) is 10.2. The number of fused-ring (bicyclic) bond motifs is 2. The zero-order valence-electron chi connectivity index (χ0n) is 20.1. The van der Waals surface area contributed by atoms with Gasteiger partial charge in [0.25, 0.3) is 0 Å². The molecule has 5 rings (SSSR count). The summed E-state index contributed by atoms with van der Waals surface area (Å²) in [4.78, 5) is 31.6. The number of benzene rings is 2. The topological polar surface area (TPSA) is 77.2 Å². The van der Waals surface area contributed by atoms with Crippen LogP contribution in [0.4, 0.5) is 11.4 Å². The second-order valence-electron chi connectivity index (χ2n) is 10.2. The molecule has 0 saturated heterocycles. The van der Waals surface area contributed by atoms with Crippen LogP contribution in [0.3, 0.4) is 0 Å². The van der Waals surface area contributed by atoms with Gasteiger partial charge in [-0.2, -0.15) is 0 Å². The van der Waals surface area contributed by atoms with Gasteiger partial charge in [-0.25, -0.2) is 0 Å². The maximum Gasteiger partial charge on any atom is 0.239 e. The molecule has 0 bridgehead atoms. The number of para-hydroxylation sites is 3. The lowest BCUT2D eigenvalue weighted by Crippen LogP contribution is -2.45. The van der Waals surface area contributed by atoms with Gasteiger partial charge in [-0.15, -0.1) is 0 Å². The van der Waals surface area contributed by atoms with Crippen molar-refractivity contribution in [1.29, 1.82) is 0 Å². The van der Waals surface area contributed by atoms with E-state index in [0.717, 1.165) is 41.0 Å². The van der Waals surface area contributed by atoms with E-state index in [0.29, 0.717) is 13.0 Å². The van der Waals surface area contributed by atoms with Crippen molar-refractivity contribution in [2.24, 2.45) is 5.41 Å². The fourth-order valence-electron chi connectivity index (χ4n) is 5.40. The molecule has 1 atom stereocenters. The van der Waals surface area contributed by atoms with Gasteiger partial charge < -0.3 is 20.5 Å². The summed E-state index contributed by atoms with van der Waals surface area (Å²) in [5.74, 6) is 0.123. The maximum atomic E-state index is 13.2. The van der Waals surface area contributed by atoms with Gasteiger partial charge in [0.15, 0.2) is 5.78 Å². The first-order valence-corrected chi connectivity index (χ1v) is 12.0. The van der Waals surface area contributed by atoms with Gasteiger partial charge in [0.05, 0.1) is 24.0 Å². The van der Waals surface area contributed by atoms with Crippen LogP contribution >= 0.6 is 0 Å². The molecule has 0 unspecified atom stereocenters. The minimum atomic E-state index is -0.186. The van der Waals surface area contributed by atoms with Crippen molar-refractivity contribution in [3.63, 3.8) is 0 Å². The lowest BCUT2D eigenvalue weighted by Gasteiger charge is -2.36. The van der Waals surface area contributed by atoms with Crippen LogP contribution in [0.2, 0.25) is 0 Å². The van der Waals surface area contributed by atoms with Gasteiger partial charge in [-0.05, 0) is 48.9 Å². The first-order valence-electron chi connectivity index (χ1n) is 12.0. The highest BCUT2D eigenvalue weighted by Crippen LogP contribution is 2.43. The number of aromatic nitrogens is 1. The lowest BCUT2D eigenvalue weighted by atomic mass is 9.74. The van der Waals surface area contributed by atoms with E-state index in [1.165, 1.54) is 10.9 Å². The number of anilines is 2. The summed E-state index contributed by atoms with van der Waals surface area (Å²) in [5.41, 5.74) is 5.91. The van der Waals surface area contributed by atoms with Crippen LogP contribution in [0, 0.1) is 5.41 Å². The van der Waals surface area contributed by atoms with Crippen LogP contribution in [0.1, 0.15) is 39.2 Å². The van der Waals surface area contributed by atoms with E-state index in [4.69, 9.17) is 0 Å². The Hall–Kier alpha value is -3.54. The smallest absolute Gasteiger partial charge is 0.239 e. The van der Waals surface area contributed by atoms with Crippen molar-refractivity contribution < 1.29 is 9.59 Å². The van der Waals surface area contributed by atoms with Crippen LogP contribution in [-0.4, -0.2) is 35.8 Å². The van der Waals surface area contributed by atoms with Crippen LogP contribution in [0.15, 0.2) is 66.0 Å². The van der Waals surface area contributed by atoms with E-state index >= 15 is 0 Å². The number of nitrogens with zero attached hydrogens (tertiary/aromatic N) is 1. The van der Waals surface area contributed by atoms with Crippen molar-refractivity contribution in [2.75, 3.05) is 23.3 Å². The third kappa shape index (κ3) is 4.20. The van der Waals surface area contributed by atoms with Gasteiger partial charge in [-0.1, -0.05) is 44.2 Å². The first-order chi connectivity index (χ1) is 16.3. The number of Topliss-reactive ketones (excluding diaryl/α,β-unsaturated/α-hetero) is 1. The van der Waals surface area contributed by atoms with E-state index < -0.39 is 0 Å². The fraction of sp³-hybridized carbons (Fsp3) is 0.357. The Morgan fingerprint density at radius 3 is 2.74 bits per heavy atom. The number of nitrogens with one attached hydrogen (secondary N) is 3. The zero-order valence-corrected chi connectivity index (χ0v) is 20.1. The first kappa shape index (κ1) is 22.3. The third-order valence-electron chi connectivity index (χ3n) is 7.01. The quantitative estimate of drug-likeness (QED) is 0.516. The summed E-state index contributed by atoms with van der Waals surface area (Å²) in [6, 6.07) is 16.0. The number of H-pyrrole nitrogens is 1. The number of allylic oxidation sites excluding steroid dienone is 1. The molecule has 176 valence electrons. The van der Waals surface area contributed by atoms with Gasteiger partial charge in [-0.3, -0.25) is 9.59 Å². The van der Waals surface area contributed by atoms with E-state index in [1.54, 1.807) is 0 Å². The number of carbonyl (C=O) groups is 2. The van der Waals surface area contributed by atoms with Gasteiger partial charge in [0.1, 0.15) is 0 Å². The molecule has 2 aromatic carbocycles. The van der Waals surface area contributed by atoms with Crippen LogP contribution < -0.4 is 15.5 Å². The van der Waals surface area contributed by atoms with Crippen molar-refractivity contribution in [2.45, 2.75) is 46.1 Å². The Bertz CT molecular complexity index is 1290. The van der Waals surface area contributed by atoms with E-state index in [9.17, 15) is 9.59 Å². The van der Waals surface area contributed by atoms with Crippen molar-refractivity contribution in [3.05, 3.63) is 71.6 Å². The molecule has 3 N–H and O–H groups in total. The summed E-state index contributed by atoms with van der Waals surface area (Å²) in [5, 5.41) is 7.82. The van der Waals surface area contributed by atoms with Crippen LogP contribution in [-0.2, 0) is 16.0 Å². The Kier molecular flexibility index (Phi) is 5.68. The molecule has 2 aliphatic rings. The molecule has 0 fully saturated rings. The number of hydrogen-bond acceptors (Lipinski definition) is 4. The number of carbonyl (C=O) groups excluding carboxylic acids is 2. The monoisotopic (exact) mass is 456 g/mol. The lowest BCUT2D eigenvalue weighted by molar-refractivity contribution is -0.120. The summed E-state index contributed by atoms with van der Waals surface area (Å²) >= 11 is 0. The molecule has 1 aliphatic heterocycles. The molecule has 1 aromatic heterocycles. The molecule has 1 aliphatic carbocycles. The van der Waals surface area contributed by atoms with Crippen LogP contribution in [0.5, 0.6) is 0 Å². The standard InChI is InChI=1S/C28H32N4O2/c1-18-27-23(14-28(2,3)15-25(27)33)31-22-10-6-7-11-24(22)32(18)17-26(34)29-13-12-19-16-30-21-9-5-4-8-20(19)21/h4-11,16,18,30-31H,12-15,17H2,1-3H3,(H,29,34)/t18-/m0/s1. The minimum absolute atomic E-state index is 0.0471. The Balaban J connectivity index is 1.33. The SMILES string of the molecule is C[C@H]1C2=C(CC(C)(C)CC2=O)Nc2ccccc2N1CC(=O)NCCc1c[nH]c2ccccc12. The Morgan fingerprint density at radius 1 is 1.12 bits per heavy atom. The summed E-state index contributed by atoms with van der Waals surface area (Å²) < 4.78 is 0. The molecule has 1 amide bonds. The molecule has 0 radical (unpaired) electrons. The molecule has 34 heavy (non-hydrogen) atoms. The molecule has 2 heterocycles. The van der Waals surface area contributed by atoms with E-state index in [1.807, 2.05) is 49.5 Å². The number of hydrogen-bond donors (Lipinski definition) is 3.